The highest BCUT2D eigenvalue weighted by molar-refractivity contribution is 5.90. The highest BCUT2D eigenvalue weighted by atomic mass is 16.8. The van der Waals surface area contributed by atoms with Gasteiger partial charge in [-0.25, -0.2) is 14.4 Å². The number of carbonyl (C=O) groups excluding carboxylic acids is 5. The van der Waals surface area contributed by atoms with Gasteiger partial charge in [0.1, 0.15) is 153 Å². The molecular weight excluding hydrogens is 1370 g/mol. The maximum Gasteiger partial charge on any atom is 0.338 e. The molecule has 37 nitrogen and oxygen atoms in total. The van der Waals surface area contributed by atoms with E-state index in [4.69, 9.17) is 75.8 Å². The van der Waals surface area contributed by atoms with Crippen molar-refractivity contribution in [2.24, 2.45) is 0 Å². The van der Waals surface area contributed by atoms with E-state index in [0.717, 1.165) is 26.0 Å². The maximum atomic E-state index is 14.6. The van der Waals surface area contributed by atoms with Crippen LogP contribution in [0.25, 0.3) is 12.2 Å². The van der Waals surface area contributed by atoms with Crippen LogP contribution >= 0.6 is 0 Å². The van der Waals surface area contributed by atoms with E-state index < -0.39 is 247 Å². The Morgan fingerprint density at radius 1 is 0.451 bits per heavy atom. The third-order valence-electron chi connectivity index (χ3n) is 17.2. The zero-order valence-corrected chi connectivity index (χ0v) is 54.5. The first kappa shape index (κ1) is 79.2. The third-order valence-corrected chi connectivity index (χ3v) is 17.2. The molecule has 29 atom stereocenters. The zero-order chi connectivity index (χ0) is 74.0. The summed E-state index contributed by atoms with van der Waals surface area (Å²) in [5, 5.41) is 175. The number of rotatable bonds is 26. The molecule has 564 valence electrons. The van der Waals surface area contributed by atoms with Crippen LogP contribution in [0.3, 0.4) is 0 Å². The molecule has 6 heterocycles. The van der Waals surface area contributed by atoms with Gasteiger partial charge in [-0.3, -0.25) is 9.59 Å². The summed E-state index contributed by atoms with van der Waals surface area (Å²) in [6.07, 6.45) is -53.6. The minimum Gasteiger partial charge on any atom is -0.508 e. The van der Waals surface area contributed by atoms with Gasteiger partial charge in [-0.05, 0) is 66.6 Å². The summed E-state index contributed by atoms with van der Waals surface area (Å²) in [5.74, 6) is -8.94. The second-order valence-corrected chi connectivity index (χ2v) is 24.5. The van der Waals surface area contributed by atoms with Gasteiger partial charge in [0.05, 0.1) is 31.5 Å². The number of benzene rings is 3. The summed E-state index contributed by atoms with van der Waals surface area (Å²) in [7, 11) is 0. The Hall–Kier alpha value is -6.91. The Morgan fingerprint density at radius 2 is 0.941 bits per heavy atom. The highest BCUT2D eigenvalue weighted by Crippen LogP contribution is 2.43. The molecule has 3 aromatic rings. The van der Waals surface area contributed by atoms with Gasteiger partial charge in [-0.15, -0.1) is 0 Å². The second-order valence-electron chi connectivity index (χ2n) is 24.5. The number of phenols is 1. The van der Waals surface area contributed by atoms with Gasteiger partial charge in [-0.1, -0.05) is 42.5 Å². The smallest absolute Gasteiger partial charge is 0.338 e. The fourth-order valence-electron chi connectivity index (χ4n) is 11.6. The lowest BCUT2D eigenvalue weighted by Crippen LogP contribution is -2.69. The van der Waals surface area contributed by atoms with Crippen LogP contribution < -0.4 is 4.74 Å². The average molecular weight is 1460 g/mol. The average Bonchev–Trinajstić information content (AvgIpc) is 1.44. The van der Waals surface area contributed by atoms with Crippen LogP contribution in [0, 0.1) is 0 Å². The van der Waals surface area contributed by atoms with E-state index in [2.05, 4.69) is 0 Å². The number of phenolic OH excluding ortho intramolecular Hbond substituents is 1. The lowest BCUT2D eigenvalue weighted by atomic mass is 9.95. The first-order chi connectivity index (χ1) is 48.5. The van der Waals surface area contributed by atoms with Crippen LogP contribution in [0.15, 0.2) is 91.0 Å². The summed E-state index contributed by atoms with van der Waals surface area (Å²) in [5.41, 5.74) is 0.398. The van der Waals surface area contributed by atoms with Crippen LogP contribution in [0.2, 0.25) is 0 Å². The van der Waals surface area contributed by atoms with E-state index in [1.54, 1.807) is 6.07 Å². The summed E-state index contributed by atoms with van der Waals surface area (Å²) in [6.45, 7) is -3.21. The summed E-state index contributed by atoms with van der Waals surface area (Å²) >= 11 is 0. The van der Waals surface area contributed by atoms with Gasteiger partial charge in [-0.2, -0.15) is 0 Å². The monoisotopic (exact) mass is 1450 g/mol. The van der Waals surface area contributed by atoms with Crippen molar-refractivity contribution < 1.29 is 181 Å². The predicted octanol–water partition coefficient (Wildman–Crippen LogP) is -6.48. The molecule has 6 aliphatic heterocycles. The fraction of sp³-hybridized carbons (Fsp3) is 0.585. The standard InChI is InChI=1S/C65H82O37/c1-27-42(74)47(79)50(82)60(90-27)91-34-17-11-31(12-18-34)14-20-41(73)96-54-39(25-88-29(3)70)95-64(102-65(26-89-40(72)19-13-30-9-15-33(71)16-10-30)58(46(78)37(23-68)101-65)100-59(86)32-7-5-4-6-8-32)57(99-62-52(84)49(81)44(76)36(22-67)93-62)56(54)98-63-53(85)55(45(77)38(94-63)24-87-28(2)69)97-61-51(83)48(80)43(75)35(21-66)92-61/h4-20,27,35-39,42-58,60-64,66-68,71,74-85H,21-26H2,1-3H3/t27-,35+,36+,37+,38+,39+,42-,43+,44+,45+,46+,47+,48-,49-,50+,51+,52+,53+,54+,55-,56-,57+,58-,60-,61-,62-,63-,64+,65-/m0/s1. The van der Waals surface area contributed by atoms with E-state index in [1.165, 1.54) is 91.9 Å². The van der Waals surface area contributed by atoms with Gasteiger partial charge in [0.25, 0.3) is 0 Å². The molecular formula is C65H82O37. The molecule has 102 heavy (non-hydrogen) atoms. The van der Waals surface area contributed by atoms with E-state index in [0.29, 0.717) is 5.56 Å². The SMILES string of the molecule is CC(=O)OC[C@H]1O[C@@H](O[C@@H]2[C@@H](O[C@@H]3O[C@H](CO)[C@@H](O)[C@H](O)[C@H]3O)[C@@H](O[C@]3(COC(=O)C=Cc4ccc(O)cc4)O[C@H](CO)[C@@H](O)[C@@H]3OC(=O)c3ccccc3)O[C@H](COC(C)=O)[C@H]2OC(=O)C=Cc2ccc(O[C@@H]3O[C@@H](C)[C@H](O)[C@@H](O)[C@H]3O)cc2)[C@H](O)[C@@H](O[C@@H]2O[C@H](CO)[C@@H](O)[C@H](O)[C@H]2O)[C@@H]1O. The Kier molecular flexibility index (Phi) is 27.4. The molecule has 0 spiro atoms. The Morgan fingerprint density at radius 3 is 1.51 bits per heavy atom. The Balaban J connectivity index is 1.18. The second kappa shape index (κ2) is 35.2. The number of esters is 5. The first-order valence-corrected chi connectivity index (χ1v) is 32.0. The van der Waals surface area contributed by atoms with Crippen molar-refractivity contribution >= 4 is 42.0 Å². The molecule has 0 aliphatic carbocycles. The normalized spacial score (nSPS) is 38.6. The van der Waals surface area contributed by atoms with Gasteiger partial charge in [0.15, 0.2) is 37.4 Å². The molecule has 16 N–H and O–H groups in total. The molecule has 37 heteroatoms. The van der Waals surface area contributed by atoms with Crippen LogP contribution in [-0.4, -0.2) is 329 Å². The molecule has 0 saturated carbocycles. The summed E-state index contributed by atoms with van der Waals surface area (Å²) < 4.78 is 95.4. The number of carbonyl (C=O) groups is 5. The van der Waals surface area contributed by atoms with Crippen molar-refractivity contribution in [2.75, 3.05) is 39.6 Å². The van der Waals surface area contributed by atoms with Crippen molar-refractivity contribution in [1.82, 2.24) is 0 Å². The molecule has 6 fully saturated rings. The van der Waals surface area contributed by atoms with Crippen molar-refractivity contribution in [3.05, 3.63) is 108 Å². The van der Waals surface area contributed by atoms with Crippen LogP contribution in [0.4, 0.5) is 0 Å². The topological polar surface area (TPSA) is 557 Å². The number of ether oxygens (including phenoxy) is 16. The van der Waals surface area contributed by atoms with Crippen LogP contribution in [0.1, 0.15) is 42.3 Å². The Labute approximate surface area is 579 Å². The van der Waals surface area contributed by atoms with Gasteiger partial charge in [0, 0.05) is 26.0 Å². The van der Waals surface area contributed by atoms with Crippen molar-refractivity contribution in [2.45, 2.75) is 198 Å². The summed E-state index contributed by atoms with van der Waals surface area (Å²) in [6, 6.07) is 17.9. The molecule has 0 amide bonds. The highest BCUT2D eigenvalue weighted by Gasteiger charge is 2.65. The lowest BCUT2D eigenvalue weighted by molar-refractivity contribution is -0.423. The lowest BCUT2D eigenvalue weighted by Gasteiger charge is -2.51. The predicted molar refractivity (Wildman–Crippen MR) is 329 cm³/mol. The van der Waals surface area contributed by atoms with Gasteiger partial charge >= 0.3 is 29.8 Å². The molecule has 0 aromatic heterocycles. The molecule has 6 saturated heterocycles. The van der Waals surface area contributed by atoms with Crippen LogP contribution in [-0.2, 0) is 90.2 Å². The fourth-order valence-corrected chi connectivity index (χ4v) is 11.6. The minimum atomic E-state index is -3.04. The zero-order valence-electron chi connectivity index (χ0n) is 54.5. The number of aliphatic hydroxyl groups is 15. The maximum absolute atomic E-state index is 14.6. The molecule has 0 radical (unpaired) electrons. The van der Waals surface area contributed by atoms with E-state index in [1.807, 2.05) is 0 Å². The molecule has 0 unspecified atom stereocenters. The van der Waals surface area contributed by atoms with Crippen LogP contribution in [0.5, 0.6) is 11.5 Å². The summed E-state index contributed by atoms with van der Waals surface area (Å²) in [4.78, 5) is 68.0. The van der Waals surface area contributed by atoms with Crippen molar-refractivity contribution in [3.8, 4) is 11.5 Å². The Bertz CT molecular complexity index is 3290. The van der Waals surface area contributed by atoms with Crippen molar-refractivity contribution in [1.29, 1.82) is 0 Å². The van der Waals surface area contributed by atoms with E-state index >= 15 is 0 Å². The minimum absolute atomic E-state index is 0.0625. The van der Waals surface area contributed by atoms with Gasteiger partial charge in [0.2, 0.25) is 12.1 Å². The largest absolute Gasteiger partial charge is 0.508 e. The van der Waals surface area contributed by atoms with E-state index in [9.17, 15) is 106 Å². The van der Waals surface area contributed by atoms with Gasteiger partial charge < -0.3 is 157 Å². The third kappa shape index (κ3) is 18.8. The number of aromatic hydroxyl groups is 1. The molecule has 6 aliphatic rings. The van der Waals surface area contributed by atoms with Crippen molar-refractivity contribution in [3.63, 3.8) is 0 Å². The number of aliphatic hydroxyl groups excluding tert-OH is 15. The molecule has 0 bridgehead atoms. The first-order valence-electron chi connectivity index (χ1n) is 32.0. The molecule has 9 rings (SSSR count). The number of hydrogen-bond donors (Lipinski definition) is 16. The number of hydrogen-bond acceptors (Lipinski definition) is 37. The van der Waals surface area contributed by atoms with E-state index in [-0.39, 0.29) is 22.6 Å². The molecule has 3 aromatic carbocycles. The quantitative estimate of drug-likeness (QED) is 0.0202.